The first-order valence-electron chi connectivity index (χ1n) is 8.87. The molecule has 1 heterocycles. The Kier molecular flexibility index (Phi) is 3.74. The predicted molar refractivity (Wildman–Crippen MR) is 93.6 cm³/mol. The molecule has 1 saturated heterocycles. The third-order valence-corrected chi connectivity index (χ3v) is 6.00. The molecule has 3 aliphatic rings. The summed E-state index contributed by atoms with van der Waals surface area (Å²) in [4.78, 5) is 38.8. The minimum absolute atomic E-state index is 0.0913. The van der Waals surface area contributed by atoms with Gasteiger partial charge in [0.05, 0.1) is 11.8 Å². The van der Waals surface area contributed by atoms with Crippen LogP contribution in [0.1, 0.15) is 24.0 Å². The maximum Gasteiger partial charge on any atom is 0.233 e. The summed E-state index contributed by atoms with van der Waals surface area (Å²) in [6, 6.07) is 5.75. The summed E-state index contributed by atoms with van der Waals surface area (Å²) in [7, 11) is 0. The number of likely N-dealkylation sites (tertiary alicyclic amines) is 1. The molecule has 2 aliphatic carbocycles. The highest BCUT2D eigenvalue weighted by Crippen LogP contribution is 2.52. The Bertz CT molecular complexity index is 768. The lowest BCUT2D eigenvalue weighted by Crippen LogP contribution is -2.35. The molecule has 0 spiro atoms. The van der Waals surface area contributed by atoms with Gasteiger partial charge in [0.1, 0.15) is 0 Å². The molecule has 4 rings (SSSR count). The Balaban J connectivity index is 1.39. The van der Waals surface area contributed by atoms with E-state index in [1.54, 1.807) is 0 Å². The minimum atomic E-state index is -0.190. The van der Waals surface area contributed by atoms with E-state index in [-0.39, 0.29) is 54.4 Å². The molecule has 4 atom stereocenters. The standard InChI is InChI=1S/C20H22N2O3/c1-11-4-3-5-15(12(11)2)21-16(23)8-9-22-19(24)17-13-6-7-14(10-13)18(17)20(22)25/h3-7,13-14,17-18H,8-10H2,1-2H3,(H,21,23)/t13-,14-,17-,18+/m0/s1. The topological polar surface area (TPSA) is 66.5 Å². The second-order valence-corrected chi connectivity index (χ2v) is 7.37. The first-order valence-corrected chi connectivity index (χ1v) is 8.87. The molecule has 1 N–H and O–H groups in total. The van der Waals surface area contributed by atoms with Gasteiger partial charge in [-0.15, -0.1) is 0 Å². The number of benzene rings is 1. The molecule has 0 aromatic heterocycles. The van der Waals surface area contributed by atoms with Gasteiger partial charge in [-0.25, -0.2) is 0 Å². The number of hydrogen-bond acceptors (Lipinski definition) is 3. The van der Waals surface area contributed by atoms with Crippen LogP contribution in [0.3, 0.4) is 0 Å². The Hall–Kier alpha value is -2.43. The zero-order valence-corrected chi connectivity index (χ0v) is 14.5. The third-order valence-electron chi connectivity index (χ3n) is 6.00. The first-order chi connectivity index (χ1) is 12.0. The van der Waals surface area contributed by atoms with Crippen LogP contribution in [0.5, 0.6) is 0 Å². The van der Waals surface area contributed by atoms with Gasteiger partial charge >= 0.3 is 0 Å². The predicted octanol–water partition coefficient (Wildman–Crippen LogP) is 2.44. The Morgan fingerprint density at radius 3 is 2.40 bits per heavy atom. The highest BCUT2D eigenvalue weighted by Gasteiger charge is 2.58. The van der Waals surface area contributed by atoms with Crippen LogP contribution in [0, 0.1) is 37.5 Å². The second-order valence-electron chi connectivity index (χ2n) is 7.37. The quantitative estimate of drug-likeness (QED) is 0.677. The number of aryl methyl sites for hydroxylation is 1. The molecule has 5 nitrogen and oxygen atoms in total. The number of nitrogens with one attached hydrogen (secondary N) is 1. The average Bonchev–Trinajstić information content (AvgIpc) is 3.25. The van der Waals surface area contributed by atoms with Crippen LogP contribution in [0.2, 0.25) is 0 Å². The van der Waals surface area contributed by atoms with E-state index < -0.39 is 0 Å². The average molecular weight is 338 g/mol. The molecule has 2 fully saturated rings. The lowest BCUT2D eigenvalue weighted by atomic mass is 9.85. The molecule has 2 bridgehead atoms. The van der Waals surface area contributed by atoms with Gasteiger partial charge in [-0.2, -0.15) is 0 Å². The monoisotopic (exact) mass is 338 g/mol. The third kappa shape index (κ3) is 2.49. The van der Waals surface area contributed by atoms with E-state index in [1.165, 1.54) is 4.90 Å². The molecule has 25 heavy (non-hydrogen) atoms. The van der Waals surface area contributed by atoms with E-state index in [1.807, 2.05) is 32.0 Å². The van der Waals surface area contributed by atoms with Crippen LogP contribution >= 0.6 is 0 Å². The van der Waals surface area contributed by atoms with Gasteiger partial charge in [0.2, 0.25) is 17.7 Å². The molecular formula is C20H22N2O3. The van der Waals surface area contributed by atoms with Gasteiger partial charge in [-0.05, 0) is 49.3 Å². The number of amides is 3. The highest BCUT2D eigenvalue weighted by molar-refractivity contribution is 6.06. The van der Waals surface area contributed by atoms with Crippen LogP contribution in [-0.4, -0.2) is 29.2 Å². The summed E-state index contributed by atoms with van der Waals surface area (Å²) in [6.45, 7) is 4.12. The fraction of sp³-hybridized carbons (Fsp3) is 0.450. The summed E-state index contributed by atoms with van der Waals surface area (Å²) in [5, 5.41) is 2.88. The fourth-order valence-electron chi connectivity index (χ4n) is 4.50. The number of carbonyl (C=O) groups is 3. The van der Waals surface area contributed by atoms with Crippen molar-refractivity contribution in [2.24, 2.45) is 23.7 Å². The van der Waals surface area contributed by atoms with Gasteiger partial charge in [0.15, 0.2) is 0 Å². The molecule has 1 saturated carbocycles. The lowest BCUT2D eigenvalue weighted by Gasteiger charge is -2.17. The maximum atomic E-state index is 12.6. The van der Waals surface area contributed by atoms with Crippen LogP contribution < -0.4 is 5.32 Å². The largest absolute Gasteiger partial charge is 0.326 e. The molecule has 3 amide bonds. The SMILES string of the molecule is Cc1cccc(NC(=O)CCN2C(=O)[C@@H]3[C@H](C2=O)[C@H]2C=C[C@H]3C2)c1C. The molecular weight excluding hydrogens is 316 g/mol. The minimum Gasteiger partial charge on any atom is -0.326 e. The number of hydrogen-bond donors (Lipinski definition) is 1. The number of imide groups is 1. The lowest BCUT2D eigenvalue weighted by molar-refractivity contribution is -0.140. The highest BCUT2D eigenvalue weighted by atomic mass is 16.2. The van der Waals surface area contributed by atoms with E-state index in [0.29, 0.717) is 0 Å². The zero-order chi connectivity index (χ0) is 17.7. The molecule has 1 aliphatic heterocycles. The Morgan fingerprint density at radius 2 is 1.76 bits per heavy atom. The number of fused-ring (bicyclic) bond motifs is 5. The molecule has 0 unspecified atom stereocenters. The van der Waals surface area contributed by atoms with Crippen molar-refractivity contribution in [3.05, 3.63) is 41.5 Å². The van der Waals surface area contributed by atoms with Gasteiger partial charge in [-0.3, -0.25) is 19.3 Å². The van der Waals surface area contributed by atoms with E-state index in [4.69, 9.17) is 0 Å². The Labute approximate surface area is 147 Å². The van der Waals surface area contributed by atoms with Crippen molar-refractivity contribution < 1.29 is 14.4 Å². The van der Waals surface area contributed by atoms with Crippen molar-refractivity contribution in [1.82, 2.24) is 4.90 Å². The van der Waals surface area contributed by atoms with Crippen molar-refractivity contribution >= 4 is 23.4 Å². The number of allylic oxidation sites excluding steroid dienone is 2. The zero-order valence-electron chi connectivity index (χ0n) is 14.5. The second kappa shape index (κ2) is 5.83. The van der Waals surface area contributed by atoms with E-state index in [0.717, 1.165) is 23.2 Å². The summed E-state index contributed by atoms with van der Waals surface area (Å²) < 4.78 is 0. The van der Waals surface area contributed by atoms with Crippen LogP contribution in [0.15, 0.2) is 30.4 Å². The van der Waals surface area contributed by atoms with Crippen molar-refractivity contribution in [3.63, 3.8) is 0 Å². The van der Waals surface area contributed by atoms with Crippen LogP contribution in [-0.2, 0) is 14.4 Å². The van der Waals surface area contributed by atoms with E-state index in [9.17, 15) is 14.4 Å². The summed E-state index contributed by atoms with van der Waals surface area (Å²) in [5.74, 6) is -0.320. The maximum absolute atomic E-state index is 12.6. The summed E-state index contributed by atoms with van der Waals surface area (Å²) >= 11 is 0. The van der Waals surface area contributed by atoms with Crippen LogP contribution in [0.25, 0.3) is 0 Å². The number of rotatable bonds is 4. The van der Waals surface area contributed by atoms with Crippen molar-refractivity contribution in [2.75, 3.05) is 11.9 Å². The molecule has 0 radical (unpaired) electrons. The Morgan fingerprint density at radius 1 is 1.12 bits per heavy atom. The normalized spacial score (nSPS) is 29.4. The van der Waals surface area contributed by atoms with Gasteiger partial charge in [-0.1, -0.05) is 24.3 Å². The number of nitrogens with zero attached hydrogens (tertiary/aromatic N) is 1. The molecule has 1 aromatic rings. The van der Waals surface area contributed by atoms with Crippen LogP contribution in [0.4, 0.5) is 5.69 Å². The molecule has 5 heteroatoms. The van der Waals surface area contributed by atoms with Gasteiger partial charge < -0.3 is 5.32 Å². The molecule has 130 valence electrons. The number of carbonyl (C=O) groups excluding carboxylic acids is 3. The van der Waals surface area contributed by atoms with Gasteiger partial charge in [0, 0.05) is 18.7 Å². The van der Waals surface area contributed by atoms with Crippen molar-refractivity contribution in [3.8, 4) is 0 Å². The van der Waals surface area contributed by atoms with Crippen molar-refractivity contribution in [1.29, 1.82) is 0 Å². The van der Waals surface area contributed by atoms with E-state index >= 15 is 0 Å². The smallest absolute Gasteiger partial charge is 0.233 e. The number of anilines is 1. The summed E-state index contributed by atoms with van der Waals surface area (Å²) in [6.07, 6.45) is 5.21. The summed E-state index contributed by atoms with van der Waals surface area (Å²) in [5.41, 5.74) is 2.92. The van der Waals surface area contributed by atoms with Crippen molar-refractivity contribution in [2.45, 2.75) is 26.7 Å². The molecule has 1 aromatic carbocycles. The fourth-order valence-corrected chi connectivity index (χ4v) is 4.50. The van der Waals surface area contributed by atoms with E-state index in [2.05, 4.69) is 17.5 Å². The first kappa shape index (κ1) is 16.1. The van der Waals surface area contributed by atoms with Gasteiger partial charge in [0.25, 0.3) is 0 Å².